The van der Waals surface area contributed by atoms with Crippen molar-refractivity contribution in [2.24, 2.45) is 0 Å². The summed E-state index contributed by atoms with van der Waals surface area (Å²) < 4.78 is 6.52. The molecule has 7 heteroatoms. The lowest BCUT2D eigenvalue weighted by Crippen LogP contribution is -1.92. The number of nitrogens with two attached hydrogens (primary N) is 1. The molecule has 3 rings (SSSR count). The van der Waals surface area contributed by atoms with Gasteiger partial charge in [0.2, 0.25) is 5.88 Å². The minimum Gasteiger partial charge on any atom is -0.437 e. The fourth-order valence-electron chi connectivity index (χ4n) is 1.58. The van der Waals surface area contributed by atoms with Crippen LogP contribution in [0.15, 0.2) is 35.3 Å². The molecule has 90 valence electrons. The smallest absolute Gasteiger partial charge is 0.248 e. The van der Waals surface area contributed by atoms with Crippen molar-refractivity contribution in [1.29, 1.82) is 0 Å². The molecule has 18 heavy (non-hydrogen) atoms. The first-order valence-corrected chi connectivity index (χ1v) is 5.90. The van der Waals surface area contributed by atoms with Gasteiger partial charge in [-0.05, 0) is 12.1 Å². The van der Waals surface area contributed by atoms with Crippen LogP contribution in [0.2, 0.25) is 0 Å². The molecule has 0 spiro atoms. The van der Waals surface area contributed by atoms with E-state index in [-0.39, 0.29) is 0 Å². The molecule has 2 heterocycles. The van der Waals surface area contributed by atoms with Crippen LogP contribution in [-0.4, -0.2) is 19.9 Å². The standard InChI is InChI=1S/C11H8BrN5O/c12-6-1-7(13)3-8(2-6)18-11-9-10(15-4-14-9)16-5-17-11/h1-5H,13H2,(H,14,15,16,17). The van der Waals surface area contributed by atoms with Crippen LogP contribution in [0.1, 0.15) is 0 Å². The van der Waals surface area contributed by atoms with E-state index in [0.29, 0.717) is 28.5 Å². The van der Waals surface area contributed by atoms with E-state index >= 15 is 0 Å². The number of halogens is 1. The van der Waals surface area contributed by atoms with Gasteiger partial charge in [-0.2, -0.15) is 4.98 Å². The zero-order chi connectivity index (χ0) is 12.5. The Bertz CT molecular complexity index is 691. The number of rotatable bonds is 2. The Kier molecular flexibility index (Phi) is 2.60. The number of imidazole rings is 1. The predicted molar refractivity (Wildman–Crippen MR) is 70.3 cm³/mol. The van der Waals surface area contributed by atoms with Crippen LogP contribution in [0, 0.1) is 0 Å². The number of hydrogen-bond donors (Lipinski definition) is 2. The first kappa shape index (κ1) is 11.0. The molecule has 2 aromatic heterocycles. The van der Waals surface area contributed by atoms with Crippen molar-refractivity contribution in [3.63, 3.8) is 0 Å². The molecular weight excluding hydrogens is 298 g/mol. The largest absolute Gasteiger partial charge is 0.437 e. The Morgan fingerprint density at radius 2 is 2.06 bits per heavy atom. The molecule has 0 aliphatic carbocycles. The average Bonchev–Trinajstić information content (AvgIpc) is 2.76. The first-order valence-electron chi connectivity index (χ1n) is 5.10. The lowest BCUT2D eigenvalue weighted by atomic mass is 10.3. The molecule has 0 amide bonds. The molecule has 1 aromatic carbocycles. The zero-order valence-electron chi connectivity index (χ0n) is 9.09. The highest BCUT2D eigenvalue weighted by Gasteiger charge is 2.08. The summed E-state index contributed by atoms with van der Waals surface area (Å²) in [5.41, 5.74) is 7.56. The third-order valence-corrected chi connectivity index (χ3v) is 2.75. The summed E-state index contributed by atoms with van der Waals surface area (Å²) in [6.07, 6.45) is 2.95. The number of H-pyrrole nitrogens is 1. The second-order valence-electron chi connectivity index (χ2n) is 3.60. The van der Waals surface area contributed by atoms with E-state index in [1.54, 1.807) is 24.5 Å². The number of ether oxygens (including phenoxy) is 1. The van der Waals surface area contributed by atoms with Gasteiger partial charge in [-0.15, -0.1) is 0 Å². The normalized spacial score (nSPS) is 10.7. The summed E-state index contributed by atoms with van der Waals surface area (Å²) >= 11 is 3.36. The molecule has 0 saturated heterocycles. The summed E-state index contributed by atoms with van der Waals surface area (Å²) in [7, 11) is 0. The van der Waals surface area contributed by atoms with Crippen molar-refractivity contribution in [3.05, 3.63) is 35.3 Å². The van der Waals surface area contributed by atoms with Crippen molar-refractivity contribution in [1.82, 2.24) is 19.9 Å². The van der Waals surface area contributed by atoms with Crippen LogP contribution in [0.25, 0.3) is 11.2 Å². The Hall–Kier alpha value is -2.15. The van der Waals surface area contributed by atoms with Gasteiger partial charge < -0.3 is 15.5 Å². The van der Waals surface area contributed by atoms with Gasteiger partial charge in [0.05, 0.1) is 6.33 Å². The number of nitrogens with one attached hydrogen (secondary N) is 1. The van der Waals surface area contributed by atoms with Gasteiger partial charge in [0.25, 0.3) is 0 Å². The topological polar surface area (TPSA) is 89.7 Å². The highest BCUT2D eigenvalue weighted by atomic mass is 79.9. The Morgan fingerprint density at radius 1 is 1.17 bits per heavy atom. The molecule has 0 unspecified atom stereocenters. The van der Waals surface area contributed by atoms with Crippen LogP contribution >= 0.6 is 15.9 Å². The zero-order valence-corrected chi connectivity index (χ0v) is 10.7. The number of benzene rings is 1. The van der Waals surface area contributed by atoms with Gasteiger partial charge in [-0.25, -0.2) is 9.97 Å². The van der Waals surface area contributed by atoms with E-state index in [9.17, 15) is 0 Å². The van der Waals surface area contributed by atoms with E-state index in [1.807, 2.05) is 0 Å². The average molecular weight is 306 g/mol. The van der Waals surface area contributed by atoms with Crippen molar-refractivity contribution in [3.8, 4) is 11.6 Å². The first-order chi connectivity index (χ1) is 8.72. The number of aromatic nitrogens is 4. The van der Waals surface area contributed by atoms with E-state index in [1.165, 1.54) is 6.33 Å². The molecule has 0 saturated carbocycles. The fourth-order valence-corrected chi connectivity index (χ4v) is 2.07. The number of aromatic amines is 1. The molecule has 3 N–H and O–H groups in total. The maximum Gasteiger partial charge on any atom is 0.248 e. The summed E-state index contributed by atoms with van der Waals surface area (Å²) in [5.74, 6) is 1.01. The predicted octanol–water partition coefficient (Wildman–Crippen LogP) is 2.49. The maximum absolute atomic E-state index is 5.74. The van der Waals surface area contributed by atoms with E-state index in [0.717, 1.165) is 4.47 Å². The highest BCUT2D eigenvalue weighted by Crippen LogP contribution is 2.28. The fraction of sp³-hybridized carbons (Fsp3) is 0. The van der Waals surface area contributed by atoms with E-state index < -0.39 is 0 Å². The van der Waals surface area contributed by atoms with Crippen molar-refractivity contribution >= 4 is 32.8 Å². The van der Waals surface area contributed by atoms with Crippen LogP contribution in [0.5, 0.6) is 11.6 Å². The summed E-state index contributed by atoms with van der Waals surface area (Å²) in [4.78, 5) is 15.1. The molecule has 0 fully saturated rings. The molecule has 0 atom stereocenters. The second-order valence-corrected chi connectivity index (χ2v) is 4.52. The third kappa shape index (κ3) is 2.00. The maximum atomic E-state index is 5.74. The number of fused-ring (bicyclic) bond motifs is 1. The molecule has 0 bridgehead atoms. The molecule has 6 nitrogen and oxygen atoms in total. The number of nitrogen functional groups attached to an aromatic ring is 1. The van der Waals surface area contributed by atoms with Crippen molar-refractivity contribution in [2.75, 3.05) is 5.73 Å². The summed E-state index contributed by atoms with van der Waals surface area (Å²) in [6.45, 7) is 0. The molecule has 0 aliphatic heterocycles. The van der Waals surface area contributed by atoms with Crippen molar-refractivity contribution < 1.29 is 4.74 Å². The lowest BCUT2D eigenvalue weighted by molar-refractivity contribution is 0.467. The van der Waals surface area contributed by atoms with E-state index in [2.05, 4.69) is 35.9 Å². The quantitative estimate of drug-likeness (QED) is 0.710. The van der Waals surface area contributed by atoms with Crippen LogP contribution in [0.3, 0.4) is 0 Å². The lowest BCUT2D eigenvalue weighted by Gasteiger charge is -2.06. The highest BCUT2D eigenvalue weighted by molar-refractivity contribution is 9.10. The van der Waals surface area contributed by atoms with Gasteiger partial charge in [-0.3, -0.25) is 0 Å². The van der Waals surface area contributed by atoms with Crippen LogP contribution < -0.4 is 10.5 Å². The van der Waals surface area contributed by atoms with Gasteiger partial charge in [0.15, 0.2) is 5.65 Å². The SMILES string of the molecule is Nc1cc(Br)cc(Oc2ncnc3nc[nH]c23)c1. The summed E-state index contributed by atoms with van der Waals surface area (Å²) in [6, 6.07) is 5.31. The molecule has 3 aromatic rings. The molecule has 0 aliphatic rings. The van der Waals surface area contributed by atoms with Gasteiger partial charge in [0.1, 0.15) is 17.6 Å². The van der Waals surface area contributed by atoms with E-state index in [4.69, 9.17) is 10.5 Å². The van der Waals surface area contributed by atoms with Gasteiger partial charge in [0, 0.05) is 16.2 Å². The minimum absolute atomic E-state index is 0.412. The monoisotopic (exact) mass is 305 g/mol. The Morgan fingerprint density at radius 3 is 2.89 bits per heavy atom. The third-order valence-electron chi connectivity index (χ3n) is 2.30. The second kappa shape index (κ2) is 4.26. The number of hydrogen-bond acceptors (Lipinski definition) is 5. The van der Waals surface area contributed by atoms with Crippen LogP contribution in [-0.2, 0) is 0 Å². The minimum atomic E-state index is 0.412. The van der Waals surface area contributed by atoms with Crippen molar-refractivity contribution in [2.45, 2.75) is 0 Å². The van der Waals surface area contributed by atoms with Gasteiger partial charge >= 0.3 is 0 Å². The Balaban J connectivity index is 2.03. The summed E-state index contributed by atoms with van der Waals surface area (Å²) in [5, 5.41) is 0. The van der Waals surface area contributed by atoms with Crippen LogP contribution in [0.4, 0.5) is 5.69 Å². The molecular formula is C11H8BrN5O. The number of anilines is 1. The van der Waals surface area contributed by atoms with Gasteiger partial charge in [-0.1, -0.05) is 15.9 Å². The Labute approximate surface area is 110 Å². The molecule has 0 radical (unpaired) electrons. The number of nitrogens with zero attached hydrogens (tertiary/aromatic N) is 3.